The maximum Gasteiger partial charge on any atom is 0.348 e. The largest absolute Gasteiger partial charge is 0.465 e. The smallest absolute Gasteiger partial charge is 0.348 e. The Labute approximate surface area is 188 Å². The van der Waals surface area contributed by atoms with E-state index in [4.69, 9.17) is 9.47 Å². The van der Waals surface area contributed by atoms with Crippen molar-refractivity contribution in [3.8, 4) is 0 Å². The van der Waals surface area contributed by atoms with Gasteiger partial charge in [-0.15, -0.1) is 11.3 Å². The third kappa shape index (κ3) is 5.67. The van der Waals surface area contributed by atoms with Crippen LogP contribution in [-0.2, 0) is 19.1 Å². The molecule has 0 atom stereocenters. The number of benzene rings is 1. The quantitative estimate of drug-likeness (QED) is 0.370. The van der Waals surface area contributed by atoms with Crippen LogP contribution >= 0.6 is 11.3 Å². The predicted octanol–water partition coefficient (Wildman–Crippen LogP) is 3.36. The van der Waals surface area contributed by atoms with Crippen LogP contribution in [0.15, 0.2) is 35.9 Å². The van der Waals surface area contributed by atoms with Crippen LogP contribution in [0.2, 0.25) is 0 Å². The fourth-order valence-corrected chi connectivity index (χ4v) is 3.78. The number of carbonyl (C=O) groups is 5. The highest BCUT2D eigenvalue weighted by Crippen LogP contribution is 2.34. The van der Waals surface area contributed by atoms with Crippen LogP contribution in [0.5, 0.6) is 0 Å². The Morgan fingerprint density at radius 1 is 0.906 bits per heavy atom. The van der Waals surface area contributed by atoms with Crippen molar-refractivity contribution in [1.29, 1.82) is 0 Å². The number of carbonyl (C=O) groups excluding carboxylic acids is 5. The molecule has 2 amide bonds. The van der Waals surface area contributed by atoms with Gasteiger partial charge in [0.15, 0.2) is 5.78 Å². The molecule has 0 unspecified atom stereocenters. The molecular formula is C22H22N2O7S. The Morgan fingerprint density at radius 3 is 2.03 bits per heavy atom. The molecule has 0 aliphatic rings. The number of rotatable bonds is 7. The Balaban J connectivity index is 2.19. The van der Waals surface area contributed by atoms with Crippen LogP contribution in [0, 0.1) is 6.92 Å². The lowest BCUT2D eigenvalue weighted by Gasteiger charge is -2.07. The van der Waals surface area contributed by atoms with Gasteiger partial charge in [0.1, 0.15) is 9.88 Å². The molecule has 0 aliphatic carbocycles. The summed E-state index contributed by atoms with van der Waals surface area (Å²) in [5, 5.41) is 5.24. The third-order valence-corrected chi connectivity index (χ3v) is 5.59. The van der Waals surface area contributed by atoms with E-state index in [9.17, 15) is 24.0 Å². The second kappa shape index (κ2) is 10.5. The first-order chi connectivity index (χ1) is 15.1. The van der Waals surface area contributed by atoms with Gasteiger partial charge in [0, 0.05) is 22.9 Å². The molecule has 0 fully saturated rings. The van der Waals surface area contributed by atoms with Crippen LogP contribution in [0.3, 0.4) is 0 Å². The number of anilines is 2. The average Bonchev–Trinajstić information content (AvgIpc) is 3.08. The van der Waals surface area contributed by atoms with Crippen molar-refractivity contribution in [3.05, 3.63) is 57.5 Å². The summed E-state index contributed by atoms with van der Waals surface area (Å²) in [6.45, 7) is 4.40. The van der Waals surface area contributed by atoms with E-state index < -0.39 is 23.8 Å². The van der Waals surface area contributed by atoms with Crippen molar-refractivity contribution in [3.63, 3.8) is 0 Å². The Bertz CT molecular complexity index is 1110. The van der Waals surface area contributed by atoms with Gasteiger partial charge in [-0.1, -0.05) is 0 Å². The second-order valence-corrected chi connectivity index (χ2v) is 7.67. The van der Waals surface area contributed by atoms with Crippen LogP contribution in [0.4, 0.5) is 10.7 Å². The Kier molecular flexibility index (Phi) is 8.03. The highest BCUT2D eigenvalue weighted by molar-refractivity contribution is 7.18. The number of methoxy groups -OCH3 is 2. The van der Waals surface area contributed by atoms with Crippen molar-refractivity contribution in [2.24, 2.45) is 0 Å². The van der Waals surface area contributed by atoms with E-state index in [0.717, 1.165) is 17.4 Å². The first kappa shape index (κ1) is 24.5. The van der Waals surface area contributed by atoms with Gasteiger partial charge in [-0.25, -0.2) is 9.59 Å². The van der Waals surface area contributed by atoms with Gasteiger partial charge in [-0.05, 0) is 50.6 Å². The first-order valence-corrected chi connectivity index (χ1v) is 10.1. The zero-order valence-electron chi connectivity index (χ0n) is 18.2. The molecule has 0 spiro atoms. The summed E-state index contributed by atoms with van der Waals surface area (Å²) < 4.78 is 9.45. The number of esters is 2. The summed E-state index contributed by atoms with van der Waals surface area (Å²) in [6, 6.07) is 6.30. The number of ether oxygens (including phenoxy) is 2. The van der Waals surface area contributed by atoms with Gasteiger partial charge in [-0.3, -0.25) is 14.4 Å². The molecule has 2 aromatic rings. The van der Waals surface area contributed by atoms with E-state index >= 15 is 0 Å². The summed E-state index contributed by atoms with van der Waals surface area (Å²) in [6.07, 6.45) is 1.09. The lowest BCUT2D eigenvalue weighted by atomic mass is 10.1. The summed E-state index contributed by atoms with van der Waals surface area (Å²) in [5.41, 5.74) is 1.37. The molecule has 9 nitrogen and oxygen atoms in total. The van der Waals surface area contributed by atoms with Gasteiger partial charge in [0.05, 0.1) is 19.8 Å². The van der Waals surface area contributed by atoms with Crippen molar-refractivity contribution in [2.45, 2.75) is 20.8 Å². The van der Waals surface area contributed by atoms with Gasteiger partial charge in [-0.2, -0.15) is 0 Å². The van der Waals surface area contributed by atoms with E-state index in [1.54, 1.807) is 24.3 Å². The molecular weight excluding hydrogens is 436 g/mol. The van der Waals surface area contributed by atoms with E-state index in [0.29, 0.717) is 16.8 Å². The molecule has 1 heterocycles. The number of thiophene rings is 1. The third-order valence-electron chi connectivity index (χ3n) is 4.40. The molecule has 2 rings (SSSR count). The van der Waals surface area contributed by atoms with E-state index in [1.165, 1.54) is 35.0 Å². The van der Waals surface area contributed by atoms with Crippen LogP contribution in [0.25, 0.3) is 0 Å². The molecule has 0 saturated heterocycles. The molecule has 168 valence electrons. The molecule has 0 bridgehead atoms. The molecule has 10 heteroatoms. The van der Waals surface area contributed by atoms with Crippen molar-refractivity contribution in [1.82, 2.24) is 0 Å². The van der Waals surface area contributed by atoms with Gasteiger partial charge in [0.2, 0.25) is 5.91 Å². The minimum absolute atomic E-state index is 0.0362. The van der Waals surface area contributed by atoms with Crippen molar-refractivity contribution in [2.75, 3.05) is 24.9 Å². The Morgan fingerprint density at radius 2 is 1.50 bits per heavy atom. The van der Waals surface area contributed by atoms with E-state index in [2.05, 4.69) is 10.6 Å². The number of ketones is 1. The number of nitrogens with one attached hydrogen (secondary N) is 2. The van der Waals surface area contributed by atoms with Crippen LogP contribution in [-0.4, -0.2) is 43.8 Å². The van der Waals surface area contributed by atoms with Crippen LogP contribution in [0.1, 0.15) is 49.8 Å². The van der Waals surface area contributed by atoms with Crippen molar-refractivity contribution < 1.29 is 33.4 Å². The number of hydrogen-bond donors (Lipinski definition) is 2. The maximum absolute atomic E-state index is 12.6. The minimum Gasteiger partial charge on any atom is -0.465 e. The topological polar surface area (TPSA) is 128 Å². The van der Waals surface area contributed by atoms with E-state index in [1.807, 2.05) is 0 Å². The molecule has 0 radical (unpaired) electrons. The monoisotopic (exact) mass is 458 g/mol. The molecule has 0 saturated carbocycles. The lowest BCUT2D eigenvalue weighted by Crippen LogP contribution is -2.17. The fourth-order valence-electron chi connectivity index (χ4n) is 2.67. The van der Waals surface area contributed by atoms with Crippen LogP contribution < -0.4 is 10.6 Å². The summed E-state index contributed by atoms with van der Waals surface area (Å²) in [4.78, 5) is 60.4. The molecule has 0 aliphatic heterocycles. The Hall–Kier alpha value is -3.79. The van der Waals surface area contributed by atoms with E-state index in [-0.39, 0.29) is 26.8 Å². The van der Waals surface area contributed by atoms with Crippen molar-refractivity contribution >= 4 is 51.6 Å². The zero-order chi connectivity index (χ0) is 24.0. The molecule has 32 heavy (non-hydrogen) atoms. The van der Waals surface area contributed by atoms with Gasteiger partial charge < -0.3 is 20.1 Å². The molecule has 1 aromatic heterocycles. The maximum atomic E-state index is 12.6. The normalized spacial score (nSPS) is 10.8. The number of Topliss-reactive ketones (excluding diaryl/α,β-unsaturated/α-hetero) is 1. The summed E-state index contributed by atoms with van der Waals surface area (Å²) >= 11 is 0.871. The first-order valence-electron chi connectivity index (χ1n) is 9.30. The summed E-state index contributed by atoms with van der Waals surface area (Å²) in [7, 11) is 2.39. The molecule has 1 aromatic carbocycles. The number of amides is 2. The lowest BCUT2D eigenvalue weighted by molar-refractivity contribution is -0.114. The van der Waals surface area contributed by atoms with Gasteiger partial charge >= 0.3 is 11.9 Å². The average molecular weight is 458 g/mol. The minimum atomic E-state index is -0.724. The SMILES string of the molecule is COC(=O)c1sc(NC(=O)/C(C)=C\C(=O)Nc2ccc(C(C)=O)cc2)c(C(=O)OC)c1C. The number of hydrogen-bond acceptors (Lipinski definition) is 8. The van der Waals surface area contributed by atoms with Gasteiger partial charge in [0.25, 0.3) is 5.91 Å². The zero-order valence-corrected chi connectivity index (χ0v) is 19.0. The standard InChI is InChI=1S/C22H22N2O7S/c1-11(10-16(26)23-15-8-6-14(7-9-15)13(3)25)19(27)24-20-17(21(28)30-4)12(2)18(32-20)22(29)31-5/h6-10H,1-5H3,(H,23,26)(H,24,27)/b11-10-. The second-order valence-electron chi connectivity index (χ2n) is 6.65. The highest BCUT2D eigenvalue weighted by atomic mass is 32.1. The molecule has 2 N–H and O–H groups in total. The predicted molar refractivity (Wildman–Crippen MR) is 119 cm³/mol. The summed E-state index contributed by atoms with van der Waals surface area (Å²) in [5.74, 6) is -2.67. The fraction of sp³-hybridized carbons (Fsp3) is 0.227. The highest BCUT2D eigenvalue weighted by Gasteiger charge is 2.27.